The van der Waals surface area contributed by atoms with Crippen LogP contribution in [0.4, 0.5) is 11.4 Å². The molecule has 2 aromatic rings. The zero-order valence-electron chi connectivity index (χ0n) is 11.6. The van der Waals surface area contributed by atoms with E-state index in [2.05, 4.69) is 16.6 Å². The summed E-state index contributed by atoms with van der Waals surface area (Å²) in [5.74, 6) is 5.61. The van der Waals surface area contributed by atoms with E-state index >= 15 is 0 Å². The van der Waals surface area contributed by atoms with Gasteiger partial charge in [-0.25, -0.2) is 8.42 Å². The van der Waals surface area contributed by atoms with Crippen molar-refractivity contribution in [2.24, 2.45) is 0 Å². The summed E-state index contributed by atoms with van der Waals surface area (Å²) in [5, 5.41) is 10.8. The Morgan fingerprint density at radius 1 is 1.09 bits per heavy atom. The maximum Gasteiger partial charge on any atom is 0.270 e. The highest BCUT2D eigenvalue weighted by Gasteiger charge is 2.12. The molecule has 0 bridgehead atoms. The van der Waals surface area contributed by atoms with E-state index in [1.54, 1.807) is 12.1 Å². The molecule has 0 atom stereocenters. The topological polar surface area (TPSA) is 89.3 Å². The van der Waals surface area contributed by atoms with Crippen molar-refractivity contribution in [3.8, 4) is 11.8 Å². The number of hydrogen-bond acceptors (Lipinski definition) is 4. The minimum atomic E-state index is -3.50. The van der Waals surface area contributed by atoms with Crippen molar-refractivity contribution in [2.75, 3.05) is 11.0 Å². The zero-order valence-corrected chi connectivity index (χ0v) is 12.4. The van der Waals surface area contributed by atoms with Gasteiger partial charge in [-0.2, -0.15) is 0 Å². The van der Waals surface area contributed by atoms with Crippen LogP contribution in [0.25, 0.3) is 0 Å². The monoisotopic (exact) mass is 316 g/mol. The van der Waals surface area contributed by atoms with Crippen molar-refractivity contribution in [1.29, 1.82) is 0 Å². The maximum absolute atomic E-state index is 11.4. The lowest BCUT2D eigenvalue weighted by atomic mass is 10.1. The largest absolute Gasteiger partial charge is 0.283 e. The SMILES string of the molecule is CS(=O)(=O)Nc1ccc([N+](=O)[O-])cc1C#Cc1ccccc1. The highest BCUT2D eigenvalue weighted by molar-refractivity contribution is 7.92. The van der Waals surface area contributed by atoms with Gasteiger partial charge in [-0.15, -0.1) is 0 Å². The molecule has 112 valence electrons. The summed E-state index contributed by atoms with van der Waals surface area (Å²) in [5.41, 5.74) is 1.01. The van der Waals surface area contributed by atoms with Gasteiger partial charge in [0, 0.05) is 17.7 Å². The standard InChI is InChI=1S/C15H12N2O4S/c1-22(20,21)16-15-10-9-14(17(18)19)11-13(15)8-7-12-5-3-2-4-6-12/h2-6,9-11,16H,1H3. The lowest BCUT2D eigenvalue weighted by Crippen LogP contribution is -2.10. The lowest BCUT2D eigenvalue weighted by molar-refractivity contribution is -0.384. The molecule has 0 heterocycles. The predicted molar refractivity (Wildman–Crippen MR) is 84.0 cm³/mol. The van der Waals surface area contributed by atoms with E-state index in [1.165, 1.54) is 18.2 Å². The van der Waals surface area contributed by atoms with E-state index in [-0.39, 0.29) is 16.9 Å². The highest BCUT2D eigenvalue weighted by atomic mass is 32.2. The molecule has 0 amide bonds. The van der Waals surface area contributed by atoms with Crippen molar-refractivity contribution >= 4 is 21.4 Å². The third-order valence-corrected chi connectivity index (χ3v) is 3.22. The summed E-state index contributed by atoms with van der Waals surface area (Å²) in [6, 6.07) is 12.8. The van der Waals surface area contributed by atoms with Crippen molar-refractivity contribution in [3.05, 3.63) is 69.8 Å². The first kappa shape index (κ1) is 15.5. The van der Waals surface area contributed by atoms with Gasteiger partial charge in [0.05, 0.1) is 22.4 Å². The van der Waals surface area contributed by atoms with E-state index in [0.29, 0.717) is 0 Å². The molecule has 0 fully saturated rings. The second kappa shape index (κ2) is 6.28. The molecule has 7 heteroatoms. The molecular formula is C15H12N2O4S. The Morgan fingerprint density at radius 3 is 2.36 bits per heavy atom. The first-order valence-corrected chi connectivity index (χ1v) is 8.07. The predicted octanol–water partition coefficient (Wildman–Crippen LogP) is 2.37. The molecule has 0 aromatic heterocycles. The van der Waals surface area contributed by atoms with E-state index in [0.717, 1.165) is 11.8 Å². The first-order valence-electron chi connectivity index (χ1n) is 6.18. The van der Waals surface area contributed by atoms with Crippen molar-refractivity contribution in [3.63, 3.8) is 0 Å². The Kier molecular flexibility index (Phi) is 4.44. The summed E-state index contributed by atoms with van der Waals surface area (Å²) in [4.78, 5) is 10.3. The molecule has 6 nitrogen and oxygen atoms in total. The number of rotatable bonds is 3. The zero-order chi connectivity index (χ0) is 16.2. The van der Waals surface area contributed by atoms with Gasteiger partial charge in [0.2, 0.25) is 10.0 Å². The maximum atomic E-state index is 11.4. The van der Waals surface area contributed by atoms with Crippen LogP contribution in [0.3, 0.4) is 0 Å². The number of non-ortho nitro benzene ring substituents is 1. The Hall–Kier alpha value is -2.85. The average molecular weight is 316 g/mol. The number of hydrogen-bond donors (Lipinski definition) is 1. The minimum absolute atomic E-state index is 0.156. The number of nitrogens with zero attached hydrogens (tertiary/aromatic N) is 1. The fraction of sp³-hybridized carbons (Fsp3) is 0.0667. The fourth-order valence-corrected chi connectivity index (χ4v) is 2.28. The molecule has 0 saturated heterocycles. The molecule has 0 aliphatic rings. The molecule has 0 aliphatic heterocycles. The summed E-state index contributed by atoms with van der Waals surface area (Å²) in [6.07, 6.45) is 1.00. The Labute approximate surface area is 128 Å². The number of nitro benzene ring substituents is 1. The van der Waals surface area contributed by atoms with Gasteiger partial charge in [-0.1, -0.05) is 30.0 Å². The molecule has 0 radical (unpaired) electrons. The van der Waals surface area contributed by atoms with Crippen molar-refractivity contribution in [1.82, 2.24) is 0 Å². The highest BCUT2D eigenvalue weighted by Crippen LogP contribution is 2.22. The van der Waals surface area contributed by atoms with Gasteiger partial charge in [0.1, 0.15) is 0 Å². The van der Waals surface area contributed by atoms with Gasteiger partial charge in [-0.05, 0) is 18.2 Å². The van der Waals surface area contributed by atoms with Crippen molar-refractivity contribution < 1.29 is 13.3 Å². The average Bonchev–Trinajstić information content (AvgIpc) is 2.45. The molecule has 2 rings (SSSR count). The molecule has 1 N–H and O–H groups in total. The third kappa shape index (κ3) is 4.33. The van der Waals surface area contributed by atoms with Crippen LogP contribution in [0.1, 0.15) is 11.1 Å². The van der Waals surface area contributed by atoms with Gasteiger partial charge < -0.3 is 0 Å². The summed E-state index contributed by atoms with van der Waals surface area (Å²) >= 11 is 0. The van der Waals surface area contributed by atoms with Gasteiger partial charge in [0.15, 0.2) is 0 Å². The minimum Gasteiger partial charge on any atom is -0.283 e. The van der Waals surface area contributed by atoms with Crippen LogP contribution in [0.2, 0.25) is 0 Å². The smallest absolute Gasteiger partial charge is 0.270 e. The van der Waals surface area contributed by atoms with E-state index in [9.17, 15) is 18.5 Å². The Morgan fingerprint density at radius 2 is 1.77 bits per heavy atom. The number of nitrogens with one attached hydrogen (secondary N) is 1. The van der Waals surface area contributed by atoms with Crippen LogP contribution in [0.5, 0.6) is 0 Å². The quantitative estimate of drug-likeness (QED) is 0.535. The third-order valence-electron chi connectivity index (χ3n) is 2.62. The Bertz CT molecular complexity index is 865. The normalized spacial score (nSPS) is 10.4. The molecule has 0 spiro atoms. The summed E-state index contributed by atoms with van der Waals surface area (Å²) in [7, 11) is -3.50. The Balaban J connectivity index is 2.48. The number of sulfonamides is 1. The second-order valence-electron chi connectivity index (χ2n) is 4.48. The molecule has 22 heavy (non-hydrogen) atoms. The van der Waals surface area contributed by atoms with E-state index in [4.69, 9.17) is 0 Å². The van der Waals surface area contributed by atoms with Crippen LogP contribution in [0.15, 0.2) is 48.5 Å². The van der Waals surface area contributed by atoms with Crippen LogP contribution >= 0.6 is 0 Å². The number of benzene rings is 2. The molecule has 0 aliphatic carbocycles. The molecule has 2 aromatic carbocycles. The van der Waals surface area contributed by atoms with Gasteiger partial charge in [0.25, 0.3) is 5.69 Å². The van der Waals surface area contributed by atoms with E-state index in [1.807, 2.05) is 18.2 Å². The van der Waals surface area contributed by atoms with E-state index < -0.39 is 14.9 Å². The molecule has 0 unspecified atom stereocenters. The van der Waals surface area contributed by atoms with Gasteiger partial charge >= 0.3 is 0 Å². The lowest BCUT2D eigenvalue weighted by Gasteiger charge is -2.06. The van der Waals surface area contributed by atoms with Crippen LogP contribution < -0.4 is 4.72 Å². The van der Waals surface area contributed by atoms with Crippen LogP contribution in [0, 0.1) is 22.0 Å². The number of anilines is 1. The summed E-state index contributed by atoms with van der Waals surface area (Å²) < 4.78 is 25.0. The molecule has 0 saturated carbocycles. The molecular weight excluding hydrogens is 304 g/mol. The van der Waals surface area contributed by atoms with Crippen molar-refractivity contribution in [2.45, 2.75) is 0 Å². The first-order chi connectivity index (χ1) is 10.3. The fourth-order valence-electron chi connectivity index (χ4n) is 1.70. The second-order valence-corrected chi connectivity index (χ2v) is 6.23. The summed E-state index contributed by atoms with van der Waals surface area (Å²) in [6.45, 7) is 0. The van der Waals surface area contributed by atoms with Crippen LogP contribution in [-0.2, 0) is 10.0 Å². The number of nitro groups is 1. The van der Waals surface area contributed by atoms with Gasteiger partial charge in [-0.3, -0.25) is 14.8 Å². The van der Waals surface area contributed by atoms with Crippen LogP contribution in [-0.4, -0.2) is 19.6 Å².